The van der Waals surface area contributed by atoms with E-state index >= 15 is 0 Å². The third-order valence-electron chi connectivity index (χ3n) is 3.93. The lowest BCUT2D eigenvalue weighted by Gasteiger charge is -2.13. The molecule has 0 saturated heterocycles. The summed E-state index contributed by atoms with van der Waals surface area (Å²) in [5.41, 5.74) is -0.609. The summed E-state index contributed by atoms with van der Waals surface area (Å²) in [4.78, 5) is 22.5. The number of sulfonamides is 1. The Morgan fingerprint density at radius 1 is 1.00 bits per heavy atom. The van der Waals surface area contributed by atoms with Crippen molar-refractivity contribution in [2.45, 2.75) is 4.90 Å². The van der Waals surface area contributed by atoms with Gasteiger partial charge in [-0.15, -0.1) is 0 Å². The second kappa shape index (κ2) is 8.59. The molecule has 0 aliphatic heterocycles. The minimum Gasteiger partial charge on any atom is -0.319 e. The second-order valence-electron chi connectivity index (χ2n) is 5.98. The number of halogens is 2. The molecule has 0 aliphatic rings. The summed E-state index contributed by atoms with van der Waals surface area (Å²) >= 11 is 3.12. The molecule has 11 heteroatoms. The number of rotatable bonds is 6. The van der Waals surface area contributed by atoms with E-state index in [1.54, 1.807) is 0 Å². The van der Waals surface area contributed by atoms with Crippen LogP contribution in [0.5, 0.6) is 0 Å². The van der Waals surface area contributed by atoms with Crippen LogP contribution in [-0.2, 0) is 10.0 Å². The van der Waals surface area contributed by atoms with Crippen LogP contribution >= 0.6 is 15.9 Å². The zero-order valence-corrected chi connectivity index (χ0v) is 17.4. The number of nitro groups is 1. The first kappa shape index (κ1) is 21.4. The van der Waals surface area contributed by atoms with E-state index in [0.717, 1.165) is 12.1 Å². The number of nitrogens with zero attached hydrogens (tertiary/aromatic N) is 1. The molecule has 0 bridgehead atoms. The molecule has 1 amide bonds. The normalized spacial score (nSPS) is 11.0. The third kappa shape index (κ3) is 4.81. The number of carbonyl (C=O) groups is 1. The first-order chi connectivity index (χ1) is 14.2. The summed E-state index contributed by atoms with van der Waals surface area (Å²) in [5.74, 6) is -1.42. The van der Waals surface area contributed by atoms with Gasteiger partial charge in [0.05, 0.1) is 26.8 Å². The highest BCUT2D eigenvalue weighted by Gasteiger charge is 2.21. The highest BCUT2D eigenvalue weighted by Crippen LogP contribution is 2.25. The van der Waals surface area contributed by atoms with Crippen molar-refractivity contribution in [3.05, 3.63) is 92.7 Å². The molecule has 0 atom stereocenters. The predicted octanol–water partition coefficient (Wildman–Crippen LogP) is 4.55. The number of carbonyl (C=O) groups excluding carboxylic acids is 1. The maximum atomic E-state index is 14.0. The molecule has 8 nitrogen and oxygen atoms in total. The molecule has 0 fully saturated rings. The lowest BCUT2D eigenvalue weighted by Crippen LogP contribution is -2.19. The van der Waals surface area contributed by atoms with E-state index in [4.69, 9.17) is 0 Å². The smallest absolute Gasteiger partial charge is 0.270 e. The largest absolute Gasteiger partial charge is 0.319 e. The van der Waals surface area contributed by atoms with E-state index in [-0.39, 0.29) is 21.8 Å². The molecule has 3 aromatic carbocycles. The average Bonchev–Trinajstić information content (AvgIpc) is 2.70. The number of hydrogen-bond donors (Lipinski definition) is 2. The molecule has 0 unspecified atom stereocenters. The van der Waals surface area contributed by atoms with Gasteiger partial charge in [-0.1, -0.05) is 34.1 Å². The Morgan fingerprint density at radius 3 is 2.43 bits per heavy atom. The van der Waals surface area contributed by atoms with Gasteiger partial charge in [0, 0.05) is 16.6 Å². The highest BCUT2D eigenvalue weighted by molar-refractivity contribution is 9.10. The molecular weight excluding hydrogens is 481 g/mol. The number of nitrogens with one attached hydrogen (secondary N) is 2. The Morgan fingerprint density at radius 2 is 1.73 bits per heavy atom. The van der Waals surface area contributed by atoms with Crippen molar-refractivity contribution < 1.29 is 22.5 Å². The van der Waals surface area contributed by atoms with E-state index in [0.29, 0.717) is 4.47 Å². The molecule has 3 rings (SSSR count). The van der Waals surface area contributed by atoms with Gasteiger partial charge in [-0.2, -0.15) is 0 Å². The van der Waals surface area contributed by atoms with Crippen LogP contribution < -0.4 is 10.0 Å². The van der Waals surface area contributed by atoms with E-state index in [1.807, 2.05) is 0 Å². The zero-order valence-electron chi connectivity index (χ0n) is 15.0. The number of benzene rings is 3. The molecule has 0 saturated carbocycles. The fourth-order valence-corrected chi connectivity index (χ4v) is 3.97. The van der Waals surface area contributed by atoms with Crippen molar-refractivity contribution >= 4 is 48.9 Å². The van der Waals surface area contributed by atoms with Crippen molar-refractivity contribution in [1.29, 1.82) is 0 Å². The van der Waals surface area contributed by atoms with Crippen LogP contribution in [0.15, 0.2) is 76.1 Å². The first-order valence-corrected chi connectivity index (χ1v) is 10.6. The number of non-ortho nitro benzene ring substituents is 1. The predicted molar refractivity (Wildman–Crippen MR) is 112 cm³/mol. The van der Waals surface area contributed by atoms with Gasteiger partial charge in [-0.25, -0.2) is 12.8 Å². The summed E-state index contributed by atoms with van der Waals surface area (Å²) in [6.45, 7) is 0. The average molecular weight is 494 g/mol. The van der Waals surface area contributed by atoms with Crippen LogP contribution in [0.1, 0.15) is 10.4 Å². The lowest BCUT2D eigenvalue weighted by molar-refractivity contribution is -0.385. The molecule has 0 radical (unpaired) electrons. The molecule has 154 valence electrons. The second-order valence-corrected chi connectivity index (χ2v) is 8.58. The monoisotopic (exact) mass is 493 g/mol. The van der Waals surface area contributed by atoms with E-state index < -0.39 is 32.4 Å². The Kier molecular flexibility index (Phi) is 6.13. The number of amides is 1. The van der Waals surface area contributed by atoms with Gasteiger partial charge in [0.1, 0.15) is 5.82 Å². The van der Waals surface area contributed by atoms with E-state index in [2.05, 4.69) is 26.0 Å². The molecule has 2 N–H and O–H groups in total. The number of nitro benzene ring substituents is 1. The summed E-state index contributed by atoms with van der Waals surface area (Å²) in [6, 6.07) is 14.3. The van der Waals surface area contributed by atoms with Gasteiger partial charge in [-0.3, -0.25) is 19.6 Å². The van der Waals surface area contributed by atoms with Crippen LogP contribution in [0.3, 0.4) is 0 Å². The summed E-state index contributed by atoms with van der Waals surface area (Å²) in [6.07, 6.45) is 0. The third-order valence-corrected chi connectivity index (χ3v) is 5.79. The summed E-state index contributed by atoms with van der Waals surface area (Å²) in [5, 5.41) is 13.3. The van der Waals surface area contributed by atoms with Crippen molar-refractivity contribution in [3.8, 4) is 0 Å². The van der Waals surface area contributed by atoms with Gasteiger partial charge < -0.3 is 5.32 Å². The Bertz CT molecular complexity index is 1250. The van der Waals surface area contributed by atoms with Crippen molar-refractivity contribution in [3.63, 3.8) is 0 Å². The first-order valence-electron chi connectivity index (χ1n) is 8.30. The fourth-order valence-electron chi connectivity index (χ4n) is 2.52. The number of para-hydroxylation sites is 1. The van der Waals surface area contributed by atoms with Crippen LogP contribution in [0.2, 0.25) is 0 Å². The zero-order chi connectivity index (χ0) is 21.9. The number of hydrogen-bond acceptors (Lipinski definition) is 5. The summed E-state index contributed by atoms with van der Waals surface area (Å²) < 4.78 is 42.1. The van der Waals surface area contributed by atoms with Gasteiger partial charge in [0.25, 0.3) is 21.6 Å². The molecule has 30 heavy (non-hydrogen) atoms. The Labute approximate surface area is 179 Å². The summed E-state index contributed by atoms with van der Waals surface area (Å²) in [7, 11) is -4.23. The van der Waals surface area contributed by atoms with Gasteiger partial charge in [-0.05, 0) is 36.4 Å². The van der Waals surface area contributed by atoms with Crippen molar-refractivity contribution in [2.75, 3.05) is 10.0 Å². The molecule has 0 spiro atoms. The van der Waals surface area contributed by atoms with Crippen LogP contribution in [0.25, 0.3) is 0 Å². The topological polar surface area (TPSA) is 118 Å². The Balaban J connectivity index is 1.90. The maximum Gasteiger partial charge on any atom is 0.270 e. The minimum atomic E-state index is -4.23. The molecular formula is C19H13BrFN3O5S. The standard InChI is InChI=1S/C19H13BrFN3O5S/c20-12-8-9-18(16(21)10-12)22-19(25)15-6-1-2-7-17(15)23-30(28,29)14-5-3-4-13(11-14)24(26)27/h1-11,23H,(H,22,25). The van der Waals surface area contributed by atoms with Crippen molar-refractivity contribution in [1.82, 2.24) is 0 Å². The van der Waals surface area contributed by atoms with Crippen molar-refractivity contribution in [2.24, 2.45) is 0 Å². The lowest BCUT2D eigenvalue weighted by atomic mass is 10.1. The molecule has 3 aromatic rings. The number of anilines is 2. The molecule has 0 aliphatic carbocycles. The van der Waals surface area contributed by atoms with Crippen LogP contribution in [0.4, 0.5) is 21.5 Å². The van der Waals surface area contributed by atoms with E-state index in [1.165, 1.54) is 54.6 Å². The van der Waals surface area contributed by atoms with Crippen LogP contribution in [0, 0.1) is 15.9 Å². The Hall–Kier alpha value is -3.31. The quantitative estimate of drug-likeness (QED) is 0.385. The van der Waals surface area contributed by atoms with Gasteiger partial charge in [0.2, 0.25) is 0 Å². The van der Waals surface area contributed by atoms with Gasteiger partial charge in [0.15, 0.2) is 0 Å². The SMILES string of the molecule is O=C(Nc1ccc(Br)cc1F)c1ccccc1NS(=O)(=O)c1cccc([N+](=O)[O-])c1. The fraction of sp³-hybridized carbons (Fsp3) is 0. The minimum absolute atomic E-state index is 0.0613. The maximum absolute atomic E-state index is 14.0. The van der Waals surface area contributed by atoms with Crippen LogP contribution in [-0.4, -0.2) is 19.2 Å². The van der Waals surface area contributed by atoms with Gasteiger partial charge >= 0.3 is 0 Å². The highest BCUT2D eigenvalue weighted by atomic mass is 79.9. The molecule has 0 aromatic heterocycles. The van der Waals surface area contributed by atoms with E-state index in [9.17, 15) is 27.7 Å². The molecule has 0 heterocycles.